The van der Waals surface area contributed by atoms with Gasteiger partial charge in [0.1, 0.15) is 13.6 Å². The Bertz CT molecular complexity index is 785. The third-order valence-electron chi connectivity index (χ3n) is 9.58. The van der Waals surface area contributed by atoms with Crippen molar-refractivity contribution in [2.45, 2.75) is 77.9 Å². The second-order valence-corrected chi connectivity index (χ2v) is 11.0. The standard InChI is InChI=1S/C27H41NO4/c1-18(11-13-28)22-8-9-23-21-7-6-19-14-20(31-16-29-4)15-25(32-17-30-5)27(19,3)24(21)10-12-26(22,23)2/h6-7,18,20,22-25H,8-12,14-17H2,1-5H3/t18?,20-,22-,23+,24+,25+,26-,27+/m1/s1. The maximum Gasteiger partial charge on any atom is 0.146 e. The normalized spacial score (nSPS) is 41.6. The first-order valence-electron chi connectivity index (χ1n) is 12.4. The second kappa shape index (κ2) is 9.58. The van der Waals surface area contributed by atoms with Gasteiger partial charge in [0.25, 0.3) is 0 Å². The molecule has 8 atom stereocenters. The lowest BCUT2D eigenvalue weighted by molar-refractivity contribution is -0.163. The number of nitrogens with zero attached hydrogens (tertiary/aromatic N) is 1. The number of nitriles is 1. The van der Waals surface area contributed by atoms with Gasteiger partial charge in [0.2, 0.25) is 0 Å². The molecule has 5 heteroatoms. The minimum absolute atomic E-state index is 0.0206. The van der Waals surface area contributed by atoms with Gasteiger partial charge in [-0.05, 0) is 61.2 Å². The number of hydrogen-bond acceptors (Lipinski definition) is 5. The SMILES string of the molecule is COCO[C@@H]1CC2=CC=C3[C@@H]4CC[C@H](C(C)CC#N)[C@@]4(C)CC[C@@H]3[C@@]2(C)[C@@H](OCOC)C1. The highest BCUT2D eigenvalue weighted by Gasteiger charge is 2.59. The van der Waals surface area contributed by atoms with Gasteiger partial charge in [-0.3, -0.25) is 0 Å². The molecule has 4 aliphatic rings. The molecule has 3 saturated carbocycles. The van der Waals surface area contributed by atoms with E-state index in [0.29, 0.717) is 49.1 Å². The first kappa shape index (κ1) is 24.0. The van der Waals surface area contributed by atoms with Gasteiger partial charge in [-0.15, -0.1) is 0 Å². The average Bonchev–Trinajstić information content (AvgIpc) is 3.13. The van der Waals surface area contributed by atoms with Crippen molar-refractivity contribution in [1.82, 2.24) is 0 Å². The van der Waals surface area contributed by atoms with E-state index in [4.69, 9.17) is 18.9 Å². The van der Waals surface area contributed by atoms with Crippen LogP contribution in [0.3, 0.4) is 0 Å². The molecule has 0 heterocycles. The van der Waals surface area contributed by atoms with Gasteiger partial charge in [0, 0.05) is 32.5 Å². The summed E-state index contributed by atoms with van der Waals surface area (Å²) in [7, 11) is 3.37. The largest absolute Gasteiger partial charge is 0.359 e. The van der Waals surface area contributed by atoms with Crippen LogP contribution in [0.4, 0.5) is 0 Å². The molecule has 0 N–H and O–H groups in total. The summed E-state index contributed by atoms with van der Waals surface area (Å²) >= 11 is 0. The fourth-order valence-corrected chi connectivity index (χ4v) is 7.95. The molecule has 5 nitrogen and oxygen atoms in total. The number of methoxy groups -OCH3 is 2. The monoisotopic (exact) mass is 443 g/mol. The highest BCUT2D eigenvalue weighted by molar-refractivity contribution is 5.40. The Morgan fingerprint density at radius 3 is 2.53 bits per heavy atom. The molecule has 0 aromatic rings. The van der Waals surface area contributed by atoms with Gasteiger partial charge in [0.05, 0.1) is 18.3 Å². The Morgan fingerprint density at radius 2 is 1.81 bits per heavy atom. The van der Waals surface area contributed by atoms with Crippen molar-refractivity contribution in [1.29, 1.82) is 5.26 Å². The van der Waals surface area contributed by atoms with Crippen LogP contribution in [-0.2, 0) is 18.9 Å². The zero-order chi connectivity index (χ0) is 22.9. The second-order valence-electron chi connectivity index (χ2n) is 11.0. The van der Waals surface area contributed by atoms with Crippen LogP contribution in [0.1, 0.15) is 65.7 Å². The van der Waals surface area contributed by atoms with E-state index in [2.05, 4.69) is 39.0 Å². The molecular weight excluding hydrogens is 402 g/mol. The van der Waals surface area contributed by atoms with Crippen molar-refractivity contribution < 1.29 is 18.9 Å². The zero-order valence-corrected chi connectivity index (χ0v) is 20.6. The van der Waals surface area contributed by atoms with Crippen LogP contribution >= 0.6 is 0 Å². The molecule has 4 aliphatic carbocycles. The van der Waals surface area contributed by atoms with Crippen LogP contribution in [0.25, 0.3) is 0 Å². The fraction of sp³-hybridized carbons (Fsp3) is 0.815. The molecule has 178 valence electrons. The van der Waals surface area contributed by atoms with E-state index >= 15 is 0 Å². The first-order valence-corrected chi connectivity index (χ1v) is 12.4. The van der Waals surface area contributed by atoms with Crippen LogP contribution in [0.15, 0.2) is 23.3 Å². The van der Waals surface area contributed by atoms with Crippen LogP contribution in [0.2, 0.25) is 0 Å². The predicted octanol–water partition coefficient (Wildman–Crippen LogP) is 5.62. The Balaban J connectivity index is 1.64. The Morgan fingerprint density at radius 1 is 1.06 bits per heavy atom. The van der Waals surface area contributed by atoms with Crippen LogP contribution in [0, 0.1) is 45.8 Å². The highest BCUT2D eigenvalue weighted by atomic mass is 16.7. The lowest BCUT2D eigenvalue weighted by Gasteiger charge is -2.57. The van der Waals surface area contributed by atoms with E-state index in [-0.39, 0.29) is 17.6 Å². The van der Waals surface area contributed by atoms with Gasteiger partial charge >= 0.3 is 0 Å². The van der Waals surface area contributed by atoms with Crippen molar-refractivity contribution in [3.05, 3.63) is 23.3 Å². The topological polar surface area (TPSA) is 60.7 Å². The predicted molar refractivity (Wildman–Crippen MR) is 123 cm³/mol. The quantitative estimate of drug-likeness (QED) is 0.456. The summed E-state index contributed by atoms with van der Waals surface area (Å²) in [5, 5.41) is 9.29. The molecule has 4 rings (SSSR count). The highest BCUT2D eigenvalue weighted by Crippen LogP contribution is 2.66. The number of ether oxygens (including phenoxy) is 4. The fourth-order valence-electron chi connectivity index (χ4n) is 7.95. The van der Waals surface area contributed by atoms with Gasteiger partial charge in [-0.2, -0.15) is 5.26 Å². The molecule has 0 aromatic carbocycles. The van der Waals surface area contributed by atoms with Crippen molar-refractivity contribution in [3.8, 4) is 6.07 Å². The van der Waals surface area contributed by atoms with Crippen molar-refractivity contribution in [2.24, 2.45) is 34.5 Å². The Labute approximate surface area is 194 Å². The Kier molecular flexibility index (Phi) is 7.17. The van der Waals surface area contributed by atoms with E-state index in [0.717, 1.165) is 12.8 Å². The van der Waals surface area contributed by atoms with Crippen molar-refractivity contribution in [3.63, 3.8) is 0 Å². The summed E-state index contributed by atoms with van der Waals surface area (Å²) < 4.78 is 22.8. The number of rotatable bonds is 8. The molecular formula is C27H41NO4. The molecule has 0 aliphatic heterocycles. The number of hydrogen-bond donors (Lipinski definition) is 0. The molecule has 3 fully saturated rings. The van der Waals surface area contributed by atoms with E-state index < -0.39 is 0 Å². The minimum Gasteiger partial charge on any atom is -0.359 e. The first-order chi connectivity index (χ1) is 15.4. The number of fused-ring (bicyclic) bond motifs is 5. The molecule has 32 heavy (non-hydrogen) atoms. The summed E-state index contributed by atoms with van der Waals surface area (Å²) in [6.45, 7) is 7.86. The summed E-state index contributed by atoms with van der Waals surface area (Å²) in [5.41, 5.74) is 3.38. The van der Waals surface area contributed by atoms with Crippen LogP contribution in [0.5, 0.6) is 0 Å². The third-order valence-corrected chi connectivity index (χ3v) is 9.58. The smallest absolute Gasteiger partial charge is 0.146 e. The zero-order valence-electron chi connectivity index (χ0n) is 20.6. The van der Waals surface area contributed by atoms with Crippen molar-refractivity contribution >= 4 is 0 Å². The van der Waals surface area contributed by atoms with E-state index in [9.17, 15) is 5.26 Å². The van der Waals surface area contributed by atoms with E-state index in [1.54, 1.807) is 19.8 Å². The third kappa shape index (κ3) is 3.88. The van der Waals surface area contributed by atoms with E-state index in [1.165, 1.54) is 31.3 Å². The van der Waals surface area contributed by atoms with Gasteiger partial charge in [-0.1, -0.05) is 44.1 Å². The summed E-state index contributed by atoms with van der Waals surface area (Å²) in [6.07, 6.45) is 12.4. The summed E-state index contributed by atoms with van der Waals surface area (Å²) in [4.78, 5) is 0. The summed E-state index contributed by atoms with van der Waals surface area (Å²) in [6, 6.07) is 2.43. The molecule has 1 unspecified atom stereocenters. The molecule has 0 saturated heterocycles. The molecule has 0 radical (unpaired) electrons. The van der Waals surface area contributed by atoms with Gasteiger partial charge in [0.15, 0.2) is 0 Å². The van der Waals surface area contributed by atoms with E-state index in [1.807, 2.05) is 0 Å². The average molecular weight is 444 g/mol. The Hall–Kier alpha value is -1.19. The summed E-state index contributed by atoms with van der Waals surface area (Å²) in [5.74, 6) is 2.25. The van der Waals surface area contributed by atoms with Crippen LogP contribution in [-0.4, -0.2) is 40.0 Å². The van der Waals surface area contributed by atoms with Gasteiger partial charge < -0.3 is 18.9 Å². The number of allylic oxidation sites excluding steroid dienone is 3. The van der Waals surface area contributed by atoms with Crippen molar-refractivity contribution in [2.75, 3.05) is 27.8 Å². The maximum absolute atomic E-state index is 9.29. The lowest BCUT2D eigenvalue weighted by Crippen LogP contribution is -2.53. The minimum atomic E-state index is -0.0206. The molecule has 0 bridgehead atoms. The molecule has 0 amide bonds. The van der Waals surface area contributed by atoms with Crippen LogP contribution < -0.4 is 0 Å². The van der Waals surface area contributed by atoms with Gasteiger partial charge in [-0.25, -0.2) is 0 Å². The molecule has 0 aromatic heterocycles. The maximum atomic E-state index is 9.29. The molecule has 0 spiro atoms. The lowest BCUT2D eigenvalue weighted by atomic mass is 9.49.